The number of ketones is 1. The Bertz CT molecular complexity index is 828. The van der Waals surface area contributed by atoms with Gasteiger partial charge in [-0.2, -0.15) is 5.26 Å². The van der Waals surface area contributed by atoms with Crippen molar-refractivity contribution in [1.82, 2.24) is 0 Å². The zero-order chi connectivity index (χ0) is 16.6. The molecule has 1 fully saturated rings. The zero-order valence-corrected chi connectivity index (χ0v) is 12.8. The highest BCUT2D eigenvalue weighted by Crippen LogP contribution is 2.66. The fourth-order valence-corrected chi connectivity index (χ4v) is 3.43. The van der Waals surface area contributed by atoms with Crippen molar-refractivity contribution in [3.8, 4) is 6.07 Å². The van der Waals surface area contributed by atoms with Gasteiger partial charge < -0.3 is 5.73 Å². The Morgan fingerprint density at radius 3 is 2.26 bits per heavy atom. The molecule has 0 aromatic heterocycles. The van der Waals surface area contributed by atoms with E-state index in [4.69, 9.17) is 17.3 Å². The Kier molecular flexibility index (Phi) is 3.67. The molecule has 1 saturated carbocycles. The highest BCUT2D eigenvalue weighted by molar-refractivity contribution is 6.31. The summed E-state index contributed by atoms with van der Waals surface area (Å²) in [5.74, 6) is -2.49. The Labute approximate surface area is 138 Å². The summed E-state index contributed by atoms with van der Waals surface area (Å²) in [6, 6.07) is 17.5. The molecule has 4 nitrogen and oxygen atoms in total. The van der Waals surface area contributed by atoms with Gasteiger partial charge in [0.25, 0.3) is 0 Å². The van der Waals surface area contributed by atoms with E-state index in [9.17, 15) is 14.9 Å². The van der Waals surface area contributed by atoms with Gasteiger partial charge in [0.05, 0.1) is 12.0 Å². The smallest absolute Gasteiger partial charge is 0.239 e. The third-order valence-corrected chi connectivity index (χ3v) is 4.72. The molecule has 3 atom stereocenters. The van der Waals surface area contributed by atoms with Crippen molar-refractivity contribution in [3.63, 3.8) is 0 Å². The van der Waals surface area contributed by atoms with E-state index in [2.05, 4.69) is 0 Å². The number of nitrogens with two attached hydrogens (primary N) is 1. The minimum absolute atomic E-state index is 0.268. The summed E-state index contributed by atoms with van der Waals surface area (Å²) in [6.07, 6.45) is 0. The molecule has 1 unspecified atom stereocenters. The quantitative estimate of drug-likeness (QED) is 0.877. The first-order valence-corrected chi connectivity index (χ1v) is 7.46. The fourth-order valence-electron chi connectivity index (χ4n) is 3.18. The van der Waals surface area contributed by atoms with E-state index in [1.54, 1.807) is 54.6 Å². The lowest BCUT2D eigenvalue weighted by Gasteiger charge is -2.05. The van der Waals surface area contributed by atoms with Crippen molar-refractivity contribution in [2.24, 2.45) is 17.1 Å². The lowest BCUT2D eigenvalue weighted by Crippen LogP contribution is -2.28. The number of nitriles is 1. The normalized spacial score (nSPS) is 25.4. The number of Topliss-reactive ketones (excluding diaryl/α,β-unsaturated/α-hetero) is 1. The van der Waals surface area contributed by atoms with Crippen molar-refractivity contribution in [2.75, 3.05) is 0 Å². The van der Waals surface area contributed by atoms with E-state index < -0.39 is 23.2 Å². The van der Waals surface area contributed by atoms with Gasteiger partial charge in [-0.1, -0.05) is 60.1 Å². The molecule has 2 aromatic carbocycles. The van der Waals surface area contributed by atoms with Gasteiger partial charge in [0.15, 0.2) is 11.2 Å². The van der Waals surface area contributed by atoms with Gasteiger partial charge in [0.2, 0.25) is 5.91 Å². The van der Waals surface area contributed by atoms with E-state index in [1.807, 2.05) is 6.07 Å². The number of hydrogen-bond acceptors (Lipinski definition) is 3. The average Bonchev–Trinajstić information content (AvgIpc) is 3.25. The number of halogens is 1. The first kappa shape index (κ1) is 15.3. The second-order valence-corrected chi connectivity index (χ2v) is 5.96. The van der Waals surface area contributed by atoms with Gasteiger partial charge in [-0.3, -0.25) is 9.59 Å². The van der Waals surface area contributed by atoms with Crippen LogP contribution in [0.25, 0.3) is 0 Å². The maximum atomic E-state index is 12.8. The number of nitrogens with zero attached hydrogens (tertiary/aromatic N) is 1. The SMILES string of the molecule is N#CC1(C(N)=O)[C@H](C(=O)c2ccccc2)[C@@H]1c1ccccc1Cl. The fraction of sp³-hybridized carbons (Fsp3) is 0.167. The van der Waals surface area contributed by atoms with E-state index >= 15 is 0 Å². The van der Waals surface area contributed by atoms with Crippen LogP contribution in [0, 0.1) is 22.7 Å². The number of carbonyl (C=O) groups is 2. The van der Waals surface area contributed by atoms with Crippen molar-refractivity contribution in [1.29, 1.82) is 5.26 Å². The molecule has 0 radical (unpaired) electrons. The Hall–Kier alpha value is -2.64. The molecule has 0 saturated heterocycles. The number of benzene rings is 2. The Morgan fingerprint density at radius 2 is 1.70 bits per heavy atom. The Morgan fingerprint density at radius 1 is 1.09 bits per heavy atom. The number of hydrogen-bond donors (Lipinski definition) is 1. The monoisotopic (exact) mass is 324 g/mol. The standard InChI is InChI=1S/C18H13ClN2O2/c19-13-9-5-4-8-12(13)14-15(18(14,10-20)17(21)23)16(22)11-6-2-1-3-7-11/h1-9,14-15H,(H2,21,23)/t14-,15-,18?/m0/s1. The predicted octanol–water partition coefficient (Wildman–Crippen LogP) is 2.93. The van der Waals surface area contributed by atoms with Gasteiger partial charge in [0, 0.05) is 16.5 Å². The third-order valence-electron chi connectivity index (χ3n) is 4.38. The largest absolute Gasteiger partial charge is 0.368 e. The van der Waals surface area contributed by atoms with Crippen molar-refractivity contribution >= 4 is 23.3 Å². The molecular weight excluding hydrogens is 312 g/mol. The molecule has 0 spiro atoms. The minimum Gasteiger partial charge on any atom is -0.368 e. The second-order valence-electron chi connectivity index (χ2n) is 5.55. The van der Waals surface area contributed by atoms with Crippen molar-refractivity contribution in [2.45, 2.75) is 5.92 Å². The number of amides is 1. The average molecular weight is 325 g/mol. The van der Waals surface area contributed by atoms with Gasteiger partial charge in [0.1, 0.15) is 0 Å². The van der Waals surface area contributed by atoms with Crippen molar-refractivity contribution in [3.05, 3.63) is 70.7 Å². The highest BCUT2D eigenvalue weighted by Gasteiger charge is 2.73. The van der Waals surface area contributed by atoms with Crippen molar-refractivity contribution < 1.29 is 9.59 Å². The van der Waals surface area contributed by atoms with Crippen LogP contribution in [-0.2, 0) is 4.79 Å². The molecule has 3 rings (SSSR count). The topological polar surface area (TPSA) is 83.9 Å². The van der Waals surface area contributed by atoms with Crippen LogP contribution in [0.3, 0.4) is 0 Å². The molecule has 0 bridgehead atoms. The molecule has 1 aliphatic carbocycles. The summed E-state index contributed by atoms with van der Waals surface area (Å²) < 4.78 is 0. The molecule has 1 aliphatic rings. The third kappa shape index (κ3) is 2.21. The van der Waals surface area contributed by atoms with E-state index in [-0.39, 0.29) is 5.78 Å². The van der Waals surface area contributed by atoms with E-state index in [0.717, 1.165) is 0 Å². The number of primary amides is 1. The predicted molar refractivity (Wildman–Crippen MR) is 85.7 cm³/mol. The summed E-state index contributed by atoms with van der Waals surface area (Å²) in [5, 5.41) is 9.99. The van der Waals surface area contributed by atoms with Gasteiger partial charge >= 0.3 is 0 Å². The maximum absolute atomic E-state index is 12.8. The van der Waals surface area contributed by atoms with E-state index in [1.165, 1.54) is 0 Å². The molecule has 0 heterocycles. The first-order valence-electron chi connectivity index (χ1n) is 7.09. The minimum atomic E-state index is -1.54. The summed E-state index contributed by atoms with van der Waals surface area (Å²) >= 11 is 6.19. The van der Waals surface area contributed by atoms with Gasteiger partial charge in [-0.25, -0.2) is 0 Å². The molecule has 23 heavy (non-hydrogen) atoms. The molecular formula is C18H13ClN2O2. The molecule has 0 aliphatic heterocycles. The van der Waals surface area contributed by atoms with Crippen LogP contribution in [-0.4, -0.2) is 11.7 Å². The number of rotatable bonds is 4. The lowest BCUT2D eigenvalue weighted by atomic mass is 9.98. The first-order chi connectivity index (χ1) is 11.0. The highest BCUT2D eigenvalue weighted by atomic mass is 35.5. The van der Waals surface area contributed by atoms with E-state index in [0.29, 0.717) is 16.1 Å². The van der Waals surface area contributed by atoms with Gasteiger partial charge in [-0.15, -0.1) is 0 Å². The lowest BCUT2D eigenvalue weighted by molar-refractivity contribution is -0.121. The molecule has 5 heteroatoms. The van der Waals surface area contributed by atoms with Crippen LogP contribution < -0.4 is 5.73 Å². The Balaban J connectivity index is 2.08. The maximum Gasteiger partial charge on any atom is 0.239 e. The summed E-state index contributed by atoms with van der Waals surface area (Å²) in [4.78, 5) is 24.7. The molecule has 114 valence electrons. The number of carbonyl (C=O) groups excluding carboxylic acids is 2. The van der Waals surface area contributed by atoms with Crippen LogP contribution >= 0.6 is 11.6 Å². The molecule has 2 aromatic rings. The second kappa shape index (κ2) is 5.53. The molecule has 2 N–H and O–H groups in total. The van der Waals surface area contributed by atoms with Crippen LogP contribution in [0.1, 0.15) is 21.8 Å². The van der Waals surface area contributed by atoms with Gasteiger partial charge in [-0.05, 0) is 11.6 Å². The zero-order valence-electron chi connectivity index (χ0n) is 12.1. The summed E-state index contributed by atoms with van der Waals surface area (Å²) in [6.45, 7) is 0. The van der Waals surface area contributed by atoms with Crippen LogP contribution in [0.4, 0.5) is 0 Å². The van der Waals surface area contributed by atoms with Crippen LogP contribution in [0.15, 0.2) is 54.6 Å². The van der Waals surface area contributed by atoms with Crippen LogP contribution in [0.2, 0.25) is 5.02 Å². The summed E-state index contributed by atoms with van der Waals surface area (Å²) in [7, 11) is 0. The van der Waals surface area contributed by atoms with Crippen LogP contribution in [0.5, 0.6) is 0 Å². The summed E-state index contributed by atoms with van der Waals surface area (Å²) in [5.41, 5.74) is 4.98. The molecule has 1 amide bonds.